The summed E-state index contributed by atoms with van der Waals surface area (Å²) in [7, 11) is 1.60. The van der Waals surface area contributed by atoms with Crippen LogP contribution >= 0.6 is 0 Å². The molecule has 0 unspecified atom stereocenters. The summed E-state index contributed by atoms with van der Waals surface area (Å²) in [5, 5.41) is 10.5. The summed E-state index contributed by atoms with van der Waals surface area (Å²) in [6.07, 6.45) is 5.71. The Bertz CT molecular complexity index is 767. The van der Waals surface area contributed by atoms with E-state index in [9.17, 15) is 4.79 Å². The molecule has 2 aromatic heterocycles. The van der Waals surface area contributed by atoms with Gasteiger partial charge in [0.05, 0.1) is 12.8 Å². The Morgan fingerprint density at radius 2 is 2.12 bits per heavy atom. The molecule has 0 spiro atoms. The van der Waals surface area contributed by atoms with Gasteiger partial charge in [-0.25, -0.2) is 4.98 Å². The summed E-state index contributed by atoms with van der Waals surface area (Å²) in [5.41, 5.74) is 6.56. The molecule has 2 N–H and O–H groups in total. The molecule has 0 aromatic carbocycles. The number of fused-ring (bicyclic) bond motifs is 1. The van der Waals surface area contributed by atoms with Gasteiger partial charge in [0.15, 0.2) is 0 Å². The van der Waals surface area contributed by atoms with Crippen LogP contribution in [0.3, 0.4) is 0 Å². The van der Waals surface area contributed by atoms with Crippen molar-refractivity contribution in [3.05, 3.63) is 39.8 Å². The van der Waals surface area contributed by atoms with Gasteiger partial charge in [-0.15, -0.1) is 0 Å². The number of pyridine rings is 1. The van der Waals surface area contributed by atoms with Crippen LogP contribution in [-0.2, 0) is 30.6 Å². The summed E-state index contributed by atoms with van der Waals surface area (Å²) >= 11 is 0. The zero-order valence-corrected chi connectivity index (χ0v) is 15.2. The fraction of sp³-hybridized carbons (Fsp3) is 0.526. The van der Waals surface area contributed by atoms with Crippen LogP contribution < -0.4 is 10.1 Å². The Kier molecular flexibility index (Phi) is 5.36. The van der Waals surface area contributed by atoms with Gasteiger partial charge in [0.2, 0.25) is 11.8 Å². The number of methoxy groups -OCH3 is 1. The monoisotopic (exact) mass is 342 g/mol. The molecule has 6 heteroatoms. The number of hydrogen-bond donors (Lipinski definition) is 2. The molecule has 25 heavy (non-hydrogen) atoms. The predicted molar refractivity (Wildman–Crippen MR) is 95.7 cm³/mol. The lowest BCUT2D eigenvalue weighted by molar-refractivity contribution is -0.121. The molecule has 1 aliphatic rings. The number of aryl methyl sites for hydroxylation is 4. The van der Waals surface area contributed by atoms with Crippen LogP contribution in [0.5, 0.6) is 5.88 Å². The number of carbonyl (C=O) groups excluding carboxylic acids is 1. The van der Waals surface area contributed by atoms with E-state index in [2.05, 4.69) is 20.5 Å². The van der Waals surface area contributed by atoms with Gasteiger partial charge in [0.25, 0.3) is 0 Å². The summed E-state index contributed by atoms with van der Waals surface area (Å²) in [5.74, 6) is 0.605. The fourth-order valence-corrected chi connectivity index (χ4v) is 3.48. The molecule has 1 amide bonds. The van der Waals surface area contributed by atoms with Crippen molar-refractivity contribution in [2.75, 3.05) is 7.11 Å². The molecule has 6 nitrogen and oxygen atoms in total. The van der Waals surface area contributed by atoms with Crippen LogP contribution in [0.4, 0.5) is 0 Å². The molecule has 0 atom stereocenters. The van der Waals surface area contributed by atoms with Crippen molar-refractivity contribution in [3.8, 4) is 5.88 Å². The first-order chi connectivity index (χ1) is 12.1. The zero-order valence-electron chi connectivity index (χ0n) is 15.2. The quantitative estimate of drug-likeness (QED) is 0.845. The number of hydrogen-bond acceptors (Lipinski definition) is 4. The smallest absolute Gasteiger partial charge is 0.220 e. The summed E-state index contributed by atoms with van der Waals surface area (Å²) in [6, 6.07) is 2.00. The third-order valence-corrected chi connectivity index (χ3v) is 4.82. The number of amides is 1. The lowest BCUT2D eigenvalue weighted by Crippen LogP contribution is -2.24. The van der Waals surface area contributed by atoms with Crippen LogP contribution in [0.1, 0.15) is 53.0 Å². The summed E-state index contributed by atoms with van der Waals surface area (Å²) < 4.78 is 5.34. The van der Waals surface area contributed by atoms with Crippen LogP contribution in [0.25, 0.3) is 0 Å². The van der Waals surface area contributed by atoms with Crippen molar-refractivity contribution in [1.29, 1.82) is 0 Å². The van der Waals surface area contributed by atoms with E-state index < -0.39 is 0 Å². The molecule has 2 aromatic rings. The molecule has 0 aliphatic heterocycles. The van der Waals surface area contributed by atoms with E-state index in [1.807, 2.05) is 19.9 Å². The van der Waals surface area contributed by atoms with Gasteiger partial charge in [0.1, 0.15) is 0 Å². The lowest BCUT2D eigenvalue weighted by Gasteiger charge is -2.13. The zero-order chi connectivity index (χ0) is 17.8. The van der Waals surface area contributed by atoms with E-state index >= 15 is 0 Å². The first kappa shape index (κ1) is 17.5. The fourth-order valence-electron chi connectivity index (χ4n) is 3.48. The van der Waals surface area contributed by atoms with Gasteiger partial charge in [0, 0.05) is 36.3 Å². The van der Waals surface area contributed by atoms with Gasteiger partial charge in [-0.3, -0.25) is 9.89 Å². The van der Waals surface area contributed by atoms with Gasteiger partial charge < -0.3 is 10.1 Å². The van der Waals surface area contributed by atoms with E-state index in [0.29, 0.717) is 25.3 Å². The lowest BCUT2D eigenvalue weighted by atomic mass is 9.94. The van der Waals surface area contributed by atoms with Crippen molar-refractivity contribution >= 4 is 5.91 Å². The largest absolute Gasteiger partial charge is 0.481 e. The highest BCUT2D eigenvalue weighted by atomic mass is 16.5. The van der Waals surface area contributed by atoms with Crippen LogP contribution in [0, 0.1) is 13.8 Å². The van der Waals surface area contributed by atoms with Crippen molar-refractivity contribution < 1.29 is 9.53 Å². The predicted octanol–water partition coefficient (Wildman–Crippen LogP) is 2.56. The summed E-state index contributed by atoms with van der Waals surface area (Å²) in [4.78, 5) is 16.6. The first-order valence-electron chi connectivity index (χ1n) is 8.91. The first-order valence-corrected chi connectivity index (χ1v) is 8.91. The van der Waals surface area contributed by atoms with Crippen molar-refractivity contribution in [2.24, 2.45) is 0 Å². The van der Waals surface area contributed by atoms with E-state index in [1.165, 1.54) is 24.1 Å². The van der Waals surface area contributed by atoms with Crippen LogP contribution in [0.2, 0.25) is 0 Å². The molecule has 0 saturated carbocycles. The number of aromatic nitrogens is 3. The molecular formula is C19H26N4O2. The minimum Gasteiger partial charge on any atom is -0.481 e. The highest BCUT2D eigenvalue weighted by molar-refractivity contribution is 5.76. The molecule has 134 valence electrons. The van der Waals surface area contributed by atoms with Crippen LogP contribution in [0.15, 0.2) is 6.07 Å². The Hall–Kier alpha value is -2.37. The molecule has 0 fully saturated rings. The Labute approximate surface area is 148 Å². The third-order valence-electron chi connectivity index (χ3n) is 4.82. The number of ether oxygens (including phenoxy) is 1. The number of nitrogens with one attached hydrogen (secondary N) is 2. The molecule has 0 bridgehead atoms. The normalized spacial score (nSPS) is 13.4. The third kappa shape index (κ3) is 4.00. The molecule has 3 rings (SSSR count). The van der Waals surface area contributed by atoms with E-state index in [0.717, 1.165) is 35.4 Å². The van der Waals surface area contributed by atoms with Crippen molar-refractivity contribution in [2.45, 2.75) is 58.9 Å². The number of nitrogens with zero attached hydrogens (tertiary/aromatic N) is 2. The Morgan fingerprint density at radius 3 is 2.92 bits per heavy atom. The standard InChI is InChI=1S/C19H26N4O2/c1-12-10-13(2)21-19(25-3)15(12)11-20-18(24)9-8-17-14-6-4-5-7-16(14)22-23-17/h10H,4-9,11H2,1-3H3,(H,20,24)(H,22,23). The number of carbonyl (C=O) groups is 1. The van der Waals surface area contributed by atoms with Crippen molar-refractivity contribution in [3.63, 3.8) is 0 Å². The van der Waals surface area contributed by atoms with E-state index in [1.54, 1.807) is 7.11 Å². The van der Waals surface area contributed by atoms with Gasteiger partial charge in [-0.05, 0) is 56.7 Å². The second kappa shape index (κ2) is 7.68. The molecule has 0 saturated heterocycles. The average Bonchev–Trinajstić information content (AvgIpc) is 3.01. The minimum absolute atomic E-state index is 0.0228. The SMILES string of the molecule is COc1nc(C)cc(C)c1CNC(=O)CCc1n[nH]c2c1CCCC2. The molecular weight excluding hydrogens is 316 g/mol. The van der Waals surface area contributed by atoms with E-state index in [4.69, 9.17) is 4.74 Å². The van der Waals surface area contributed by atoms with Gasteiger partial charge in [-0.2, -0.15) is 5.10 Å². The average molecular weight is 342 g/mol. The van der Waals surface area contributed by atoms with Crippen molar-refractivity contribution in [1.82, 2.24) is 20.5 Å². The highest BCUT2D eigenvalue weighted by Gasteiger charge is 2.17. The second-order valence-corrected chi connectivity index (χ2v) is 6.68. The maximum absolute atomic E-state index is 12.2. The number of aromatic amines is 1. The van der Waals surface area contributed by atoms with Gasteiger partial charge in [-0.1, -0.05) is 0 Å². The number of H-pyrrole nitrogens is 1. The van der Waals surface area contributed by atoms with E-state index in [-0.39, 0.29) is 5.91 Å². The van der Waals surface area contributed by atoms with Crippen LogP contribution in [-0.4, -0.2) is 28.2 Å². The Balaban J connectivity index is 1.56. The topological polar surface area (TPSA) is 79.9 Å². The molecule has 0 radical (unpaired) electrons. The molecule has 2 heterocycles. The highest BCUT2D eigenvalue weighted by Crippen LogP contribution is 2.23. The Morgan fingerprint density at radius 1 is 1.32 bits per heavy atom. The number of rotatable bonds is 6. The second-order valence-electron chi connectivity index (χ2n) is 6.68. The minimum atomic E-state index is 0.0228. The maximum Gasteiger partial charge on any atom is 0.220 e. The maximum atomic E-state index is 12.2. The van der Waals surface area contributed by atoms with Gasteiger partial charge >= 0.3 is 0 Å². The summed E-state index contributed by atoms with van der Waals surface area (Å²) in [6.45, 7) is 4.37. The molecule has 1 aliphatic carbocycles.